The minimum Gasteiger partial charge on any atom is -0.352 e. The van der Waals surface area contributed by atoms with Gasteiger partial charge in [0.2, 0.25) is 5.91 Å². The summed E-state index contributed by atoms with van der Waals surface area (Å²) >= 11 is 5.80. The van der Waals surface area contributed by atoms with E-state index in [9.17, 15) is 9.18 Å². The second-order valence-electron chi connectivity index (χ2n) is 6.93. The van der Waals surface area contributed by atoms with Gasteiger partial charge in [-0.15, -0.1) is 0 Å². The molecule has 26 heavy (non-hydrogen) atoms. The summed E-state index contributed by atoms with van der Waals surface area (Å²) in [6.07, 6.45) is 1.60. The summed E-state index contributed by atoms with van der Waals surface area (Å²) in [5, 5.41) is 3.47. The molecule has 2 aromatic carbocycles. The molecule has 1 saturated heterocycles. The van der Waals surface area contributed by atoms with Gasteiger partial charge in [0.1, 0.15) is 5.82 Å². The zero-order chi connectivity index (χ0) is 18.5. The van der Waals surface area contributed by atoms with Gasteiger partial charge in [0, 0.05) is 29.6 Å². The van der Waals surface area contributed by atoms with Crippen LogP contribution in [0.4, 0.5) is 4.39 Å². The van der Waals surface area contributed by atoms with E-state index >= 15 is 0 Å². The van der Waals surface area contributed by atoms with Crippen LogP contribution >= 0.6 is 11.6 Å². The first-order valence-electron chi connectivity index (χ1n) is 9.01. The smallest absolute Gasteiger partial charge is 0.223 e. The van der Waals surface area contributed by atoms with E-state index in [0.717, 1.165) is 31.5 Å². The molecule has 0 unspecified atom stereocenters. The van der Waals surface area contributed by atoms with E-state index in [1.807, 2.05) is 18.2 Å². The van der Waals surface area contributed by atoms with Crippen LogP contribution in [0.5, 0.6) is 0 Å². The van der Waals surface area contributed by atoms with Gasteiger partial charge in [-0.3, -0.25) is 9.69 Å². The minimum absolute atomic E-state index is 0.0327. The highest BCUT2D eigenvalue weighted by Crippen LogP contribution is 2.22. The first-order valence-corrected chi connectivity index (χ1v) is 9.39. The number of likely N-dealkylation sites (tertiary alicyclic amines) is 1. The molecule has 0 aliphatic carbocycles. The van der Waals surface area contributed by atoms with Crippen molar-refractivity contribution in [3.63, 3.8) is 0 Å². The number of nitrogens with one attached hydrogen (secondary N) is 1. The summed E-state index contributed by atoms with van der Waals surface area (Å²) in [4.78, 5) is 14.6. The van der Waals surface area contributed by atoms with Gasteiger partial charge in [0.05, 0.1) is 0 Å². The fraction of sp³-hybridized carbons (Fsp3) is 0.381. The molecule has 2 aromatic rings. The van der Waals surface area contributed by atoms with Gasteiger partial charge in [-0.25, -0.2) is 4.39 Å². The quantitative estimate of drug-likeness (QED) is 0.845. The third kappa shape index (κ3) is 4.83. The monoisotopic (exact) mass is 374 g/mol. The lowest BCUT2D eigenvalue weighted by Crippen LogP contribution is -2.40. The molecule has 0 bridgehead atoms. The highest BCUT2D eigenvalue weighted by molar-refractivity contribution is 6.30. The molecule has 0 spiro atoms. The maximum atomic E-state index is 13.9. The van der Waals surface area contributed by atoms with Crippen LogP contribution in [0.25, 0.3) is 0 Å². The molecule has 1 N–H and O–H groups in total. The van der Waals surface area contributed by atoms with Crippen LogP contribution in [0, 0.1) is 18.7 Å². The first-order chi connectivity index (χ1) is 12.5. The molecule has 0 saturated carbocycles. The van der Waals surface area contributed by atoms with Gasteiger partial charge < -0.3 is 5.32 Å². The van der Waals surface area contributed by atoms with Crippen molar-refractivity contribution in [3.8, 4) is 0 Å². The molecular weight excluding hydrogens is 351 g/mol. The lowest BCUT2D eigenvalue weighted by atomic mass is 9.95. The Balaban J connectivity index is 1.47. The maximum absolute atomic E-state index is 13.9. The van der Waals surface area contributed by atoms with E-state index in [2.05, 4.69) is 23.2 Å². The Labute approximate surface area is 159 Å². The lowest BCUT2D eigenvalue weighted by molar-refractivity contribution is -0.126. The summed E-state index contributed by atoms with van der Waals surface area (Å²) in [5.41, 5.74) is 2.99. The van der Waals surface area contributed by atoms with Crippen LogP contribution in [-0.4, -0.2) is 23.9 Å². The van der Waals surface area contributed by atoms with Crippen LogP contribution in [0.3, 0.4) is 0 Å². The molecule has 0 atom stereocenters. The Hall–Kier alpha value is -1.91. The fourth-order valence-corrected chi connectivity index (χ4v) is 3.54. The standard InChI is InChI=1S/C21H24ClFN2O/c1-15-4-2-3-5-17(15)13-24-21(26)16-8-10-25(11-9-16)14-18-6-7-19(22)12-20(18)23/h2-7,12,16H,8-11,13-14H2,1H3,(H,24,26). The zero-order valence-electron chi connectivity index (χ0n) is 15.0. The summed E-state index contributed by atoms with van der Waals surface area (Å²) < 4.78 is 13.9. The average molecular weight is 375 g/mol. The number of benzene rings is 2. The Morgan fingerprint density at radius 1 is 1.19 bits per heavy atom. The van der Waals surface area contributed by atoms with Crippen molar-refractivity contribution >= 4 is 17.5 Å². The largest absolute Gasteiger partial charge is 0.352 e. The molecule has 0 aromatic heterocycles. The van der Waals surface area contributed by atoms with Crippen LogP contribution < -0.4 is 5.32 Å². The number of piperidine rings is 1. The van der Waals surface area contributed by atoms with E-state index in [-0.39, 0.29) is 17.6 Å². The second kappa shape index (κ2) is 8.65. The third-order valence-corrected chi connectivity index (χ3v) is 5.32. The van der Waals surface area contributed by atoms with Crippen molar-refractivity contribution < 1.29 is 9.18 Å². The molecule has 1 heterocycles. The van der Waals surface area contributed by atoms with Gasteiger partial charge in [0.25, 0.3) is 0 Å². The van der Waals surface area contributed by atoms with Crippen LogP contribution in [-0.2, 0) is 17.9 Å². The molecule has 3 rings (SSSR count). The second-order valence-corrected chi connectivity index (χ2v) is 7.37. The zero-order valence-corrected chi connectivity index (χ0v) is 15.7. The summed E-state index contributed by atoms with van der Waals surface area (Å²) in [5.74, 6) is -0.119. The van der Waals surface area contributed by atoms with E-state index in [0.29, 0.717) is 23.7 Å². The number of hydrogen-bond acceptors (Lipinski definition) is 2. The molecule has 5 heteroatoms. The first kappa shape index (κ1) is 18.9. The van der Waals surface area contributed by atoms with Crippen molar-refractivity contribution in [1.29, 1.82) is 0 Å². The highest BCUT2D eigenvalue weighted by Gasteiger charge is 2.25. The Bertz CT molecular complexity index is 772. The SMILES string of the molecule is Cc1ccccc1CNC(=O)C1CCN(Cc2ccc(Cl)cc2F)CC1. The van der Waals surface area contributed by atoms with Crippen molar-refractivity contribution in [1.82, 2.24) is 10.2 Å². The van der Waals surface area contributed by atoms with Gasteiger partial charge in [-0.2, -0.15) is 0 Å². The number of carbonyl (C=O) groups is 1. The molecular formula is C21H24ClFN2O. The number of hydrogen-bond donors (Lipinski definition) is 1. The summed E-state index contributed by atoms with van der Waals surface area (Å²) in [7, 11) is 0. The number of amides is 1. The van der Waals surface area contributed by atoms with E-state index in [4.69, 9.17) is 11.6 Å². The average Bonchev–Trinajstić information content (AvgIpc) is 2.64. The highest BCUT2D eigenvalue weighted by atomic mass is 35.5. The van der Waals surface area contributed by atoms with E-state index < -0.39 is 0 Å². The predicted octanol–water partition coefficient (Wildman–Crippen LogP) is 4.32. The molecule has 138 valence electrons. The van der Waals surface area contributed by atoms with Crippen LogP contribution in [0.2, 0.25) is 5.02 Å². The molecule has 1 aliphatic heterocycles. The molecule has 3 nitrogen and oxygen atoms in total. The van der Waals surface area contributed by atoms with Gasteiger partial charge >= 0.3 is 0 Å². The Morgan fingerprint density at radius 2 is 1.92 bits per heavy atom. The molecule has 1 aliphatic rings. The van der Waals surface area contributed by atoms with E-state index in [1.165, 1.54) is 11.6 Å². The number of aryl methyl sites for hydroxylation is 1. The number of nitrogens with zero attached hydrogens (tertiary/aromatic N) is 1. The van der Waals surface area contributed by atoms with Crippen molar-refractivity contribution in [2.75, 3.05) is 13.1 Å². The number of carbonyl (C=O) groups excluding carboxylic acids is 1. The topological polar surface area (TPSA) is 32.3 Å². The third-order valence-electron chi connectivity index (χ3n) is 5.08. The minimum atomic E-state index is -0.268. The van der Waals surface area contributed by atoms with E-state index in [1.54, 1.807) is 12.1 Å². The fourth-order valence-electron chi connectivity index (χ4n) is 3.38. The predicted molar refractivity (Wildman–Crippen MR) is 102 cm³/mol. The van der Waals surface area contributed by atoms with Crippen LogP contribution in [0.15, 0.2) is 42.5 Å². The van der Waals surface area contributed by atoms with Gasteiger partial charge in [-0.05, 0) is 56.1 Å². The van der Waals surface area contributed by atoms with Crippen LogP contribution in [0.1, 0.15) is 29.5 Å². The van der Waals surface area contributed by atoms with Gasteiger partial charge in [-0.1, -0.05) is 41.9 Å². The normalized spacial score (nSPS) is 15.8. The molecule has 1 fully saturated rings. The lowest BCUT2D eigenvalue weighted by Gasteiger charge is -2.31. The Morgan fingerprint density at radius 3 is 2.62 bits per heavy atom. The number of rotatable bonds is 5. The number of halogens is 2. The summed E-state index contributed by atoms with van der Waals surface area (Å²) in [6, 6.07) is 12.9. The molecule has 1 amide bonds. The van der Waals surface area contributed by atoms with Gasteiger partial charge in [0.15, 0.2) is 0 Å². The maximum Gasteiger partial charge on any atom is 0.223 e. The van der Waals surface area contributed by atoms with Crippen molar-refractivity contribution in [2.24, 2.45) is 5.92 Å². The summed E-state index contributed by atoms with van der Waals surface area (Å²) in [6.45, 7) is 4.77. The van der Waals surface area contributed by atoms with Crippen molar-refractivity contribution in [3.05, 3.63) is 70.0 Å². The van der Waals surface area contributed by atoms with Crippen molar-refractivity contribution in [2.45, 2.75) is 32.9 Å². The Kier molecular flexibility index (Phi) is 6.28. The molecule has 0 radical (unpaired) electrons.